The summed E-state index contributed by atoms with van der Waals surface area (Å²) in [6.07, 6.45) is 0.806. The van der Waals surface area contributed by atoms with E-state index in [0.29, 0.717) is 6.42 Å². The smallest absolute Gasteiger partial charge is 0.305 e. The van der Waals surface area contributed by atoms with Crippen LogP contribution in [0.4, 0.5) is 0 Å². The Morgan fingerprint density at radius 1 is 0.957 bits per heavy atom. The summed E-state index contributed by atoms with van der Waals surface area (Å²) in [5.74, 6) is -0.491. The van der Waals surface area contributed by atoms with Crippen molar-refractivity contribution in [1.29, 1.82) is 0 Å². The fourth-order valence-corrected chi connectivity index (χ4v) is 2.09. The van der Waals surface area contributed by atoms with E-state index >= 15 is 0 Å². The molecule has 7 heteroatoms. The van der Waals surface area contributed by atoms with Gasteiger partial charge in [-0.2, -0.15) is 0 Å². The zero-order chi connectivity index (χ0) is 17.7. The van der Waals surface area contributed by atoms with Crippen molar-refractivity contribution in [2.24, 2.45) is 0 Å². The Bertz CT molecular complexity index is 322. The van der Waals surface area contributed by atoms with E-state index in [1.165, 1.54) is 19.3 Å². The number of ether oxygens (including phenoxy) is 1. The number of carbonyl (C=O) groups excluding carboxylic acids is 2. The largest absolute Gasteiger partial charge is 0.463 e. The Morgan fingerprint density at radius 3 is 2.09 bits per heavy atom. The van der Waals surface area contributed by atoms with Crippen LogP contribution in [0.3, 0.4) is 0 Å². The van der Waals surface area contributed by atoms with Gasteiger partial charge in [-0.05, 0) is 6.42 Å². The van der Waals surface area contributed by atoms with Crippen LogP contribution in [0.2, 0.25) is 0 Å². The highest BCUT2D eigenvalue weighted by Gasteiger charge is 2.30. The molecule has 4 N–H and O–H groups in total. The first-order chi connectivity index (χ1) is 10.9. The molecular formula is C16H30O7. The third-order valence-electron chi connectivity index (χ3n) is 3.63. The van der Waals surface area contributed by atoms with Crippen LogP contribution in [-0.2, 0) is 14.3 Å². The molecule has 0 saturated heterocycles. The van der Waals surface area contributed by atoms with Crippen molar-refractivity contribution in [2.45, 2.75) is 82.7 Å². The summed E-state index contributed by atoms with van der Waals surface area (Å²) < 4.78 is 4.80. The van der Waals surface area contributed by atoms with Crippen LogP contribution in [0.15, 0.2) is 0 Å². The number of esters is 1. The number of unbranched alkanes of at least 4 members (excludes halogenated alkanes) is 6. The van der Waals surface area contributed by atoms with E-state index in [2.05, 4.69) is 6.92 Å². The summed E-state index contributed by atoms with van der Waals surface area (Å²) in [7, 11) is 0. The summed E-state index contributed by atoms with van der Waals surface area (Å²) in [5.41, 5.74) is 0. The fourth-order valence-electron chi connectivity index (χ4n) is 2.09. The third kappa shape index (κ3) is 10.4. The van der Waals surface area contributed by atoms with Gasteiger partial charge in [0.15, 0.2) is 6.29 Å². The molecule has 0 aromatic rings. The quantitative estimate of drug-likeness (QED) is 0.205. The van der Waals surface area contributed by atoms with E-state index in [9.17, 15) is 24.9 Å². The molecule has 136 valence electrons. The molecule has 23 heavy (non-hydrogen) atoms. The van der Waals surface area contributed by atoms with Gasteiger partial charge in [0, 0.05) is 6.42 Å². The zero-order valence-corrected chi connectivity index (χ0v) is 13.8. The molecule has 0 heterocycles. The average molecular weight is 334 g/mol. The molecular weight excluding hydrogens is 304 g/mol. The maximum Gasteiger partial charge on any atom is 0.305 e. The Kier molecular flexibility index (Phi) is 12.8. The van der Waals surface area contributed by atoms with Crippen LogP contribution in [0.5, 0.6) is 0 Å². The van der Waals surface area contributed by atoms with Gasteiger partial charge in [-0.3, -0.25) is 4.79 Å². The number of aliphatic hydroxyl groups excluding tert-OH is 4. The summed E-state index contributed by atoms with van der Waals surface area (Å²) in [6, 6.07) is 0. The first kappa shape index (κ1) is 22.0. The second-order valence-corrected chi connectivity index (χ2v) is 5.73. The van der Waals surface area contributed by atoms with E-state index in [-0.39, 0.29) is 12.7 Å². The minimum Gasteiger partial charge on any atom is -0.463 e. The molecule has 0 radical (unpaired) electrons. The van der Waals surface area contributed by atoms with Gasteiger partial charge in [0.2, 0.25) is 0 Å². The first-order valence-corrected chi connectivity index (χ1v) is 8.27. The van der Waals surface area contributed by atoms with E-state index < -0.39 is 37.0 Å². The molecule has 0 spiro atoms. The molecule has 4 unspecified atom stereocenters. The number of carbonyl (C=O) groups is 2. The van der Waals surface area contributed by atoms with Crippen molar-refractivity contribution < 1.29 is 34.8 Å². The van der Waals surface area contributed by atoms with Crippen molar-refractivity contribution in [1.82, 2.24) is 0 Å². The SMILES string of the molecule is CCCCCCCCCC(=O)OCC(O)C(O)C(O)C(O)C=O. The summed E-state index contributed by atoms with van der Waals surface area (Å²) in [6.45, 7) is 1.65. The van der Waals surface area contributed by atoms with Crippen molar-refractivity contribution in [3.05, 3.63) is 0 Å². The summed E-state index contributed by atoms with van der Waals surface area (Å²) in [5, 5.41) is 37.5. The number of aliphatic hydroxyl groups is 4. The van der Waals surface area contributed by atoms with Gasteiger partial charge in [-0.1, -0.05) is 45.4 Å². The van der Waals surface area contributed by atoms with E-state index in [1.807, 2.05) is 0 Å². The molecule has 0 aliphatic rings. The van der Waals surface area contributed by atoms with Gasteiger partial charge in [0.05, 0.1) is 0 Å². The van der Waals surface area contributed by atoms with Gasteiger partial charge in [0.25, 0.3) is 0 Å². The molecule has 0 saturated carbocycles. The lowest BCUT2D eigenvalue weighted by molar-refractivity contribution is -0.156. The molecule has 4 atom stereocenters. The second-order valence-electron chi connectivity index (χ2n) is 5.73. The molecule has 0 bridgehead atoms. The van der Waals surface area contributed by atoms with Gasteiger partial charge in [-0.25, -0.2) is 0 Å². The van der Waals surface area contributed by atoms with Gasteiger partial charge in [0.1, 0.15) is 31.0 Å². The van der Waals surface area contributed by atoms with Gasteiger partial charge < -0.3 is 30.0 Å². The lowest BCUT2D eigenvalue weighted by atomic mass is 10.0. The topological polar surface area (TPSA) is 124 Å². The first-order valence-electron chi connectivity index (χ1n) is 8.27. The highest BCUT2D eigenvalue weighted by atomic mass is 16.5. The Labute approximate surface area is 137 Å². The predicted molar refractivity (Wildman–Crippen MR) is 83.7 cm³/mol. The zero-order valence-electron chi connectivity index (χ0n) is 13.8. The van der Waals surface area contributed by atoms with Crippen LogP contribution < -0.4 is 0 Å². The maximum absolute atomic E-state index is 11.5. The van der Waals surface area contributed by atoms with Crippen LogP contribution in [0.1, 0.15) is 58.3 Å². The molecule has 7 nitrogen and oxygen atoms in total. The molecule has 0 aromatic heterocycles. The number of hydrogen-bond acceptors (Lipinski definition) is 7. The maximum atomic E-state index is 11.5. The minimum atomic E-state index is -1.83. The Balaban J connectivity index is 3.77. The van der Waals surface area contributed by atoms with Crippen LogP contribution in [-0.4, -0.2) is 63.7 Å². The van der Waals surface area contributed by atoms with Crippen LogP contribution in [0.25, 0.3) is 0 Å². The molecule has 0 aliphatic carbocycles. The van der Waals surface area contributed by atoms with E-state index in [1.54, 1.807) is 0 Å². The number of rotatable bonds is 14. The third-order valence-corrected chi connectivity index (χ3v) is 3.63. The number of aldehydes is 1. The summed E-state index contributed by atoms with van der Waals surface area (Å²) >= 11 is 0. The standard InChI is InChI=1S/C16H30O7/c1-2-3-4-5-6-7-8-9-14(20)23-11-13(19)16(22)15(21)12(18)10-17/h10,12-13,15-16,18-19,21-22H,2-9,11H2,1H3. The van der Waals surface area contributed by atoms with Crippen molar-refractivity contribution in [2.75, 3.05) is 6.61 Å². The Hall–Kier alpha value is -1.02. The fraction of sp³-hybridized carbons (Fsp3) is 0.875. The van der Waals surface area contributed by atoms with Gasteiger partial charge >= 0.3 is 5.97 Å². The van der Waals surface area contributed by atoms with Crippen molar-refractivity contribution in [3.63, 3.8) is 0 Å². The molecule has 0 aliphatic heterocycles. The number of hydrogen-bond donors (Lipinski definition) is 4. The summed E-state index contributed by atoms with van der Waals surface area (Å²) in [4.78, 5) is 21.8. The molecule has 0 aromatic carbocycles. The van der Waals surface area contributed by atoms with Crippen molar-refractivity contribution in [3.8, 4) is 0 Å². The average Bonchev–Trinajstić information content (AvgIpc) is 2.56. The lowest BCUT2D eigenvalue weighted by Gasteiger charge is -2.23. The van der Waals surface area contributed by atoms with Gasteiger partial charge in [-0.15, -0.1) is 0 Å². The highest BCUT2D eigenvalue weighted by Crippen LogP contribution is 2.09. The van der Waals surface area contributed by atoms with Crippen molar-refractivity contribution >= 4 is 12.3 Å². The molecule has 0 rings (SSSR count). The minimum absolute atomic E-state index is 0.0487. The van der Waals surface area contributed by atoms with Crippen LogP contribution in [0, 0.1) is 0 Å². The lowest BCUT2D eigenvalue weighted by Crippen LogP contribution is -2.46. The monoisotopic (exact) mass is 334 g/mol. The second kappa shape index (κ2) is 13.4. The van der Waals surface area contributed by atoms with E-state index in [0.717, 1.165) is 19.3 Å². The molecule has 0 fully saturated rings. The van der Waals surface area contributed by atoms with E-state index in [4.69, 9.17) is 9.84 Å². The normalized spacial score (nSPS) is 16.4. The van der Waals surface area contributed by atoms with Crippen LogP contribution >= 0.6 is 0 Å². The predicted octanol–water partition coefficient (Wildman–Crippen LogP) is 0.313. The molecule has 0 amide bonds. The Morgan fingerprint density at radius 2 is 1.52 bits per heavy atom. The highest BCUT2D eigenvalue weighted by molar-refractivity contribution is 5.69.